The fraction of sp³-hybridized carbons (Fsp3) is 0. The number of rotatable bonds is 8. The lowest BCUT2D eigenvalue weighted by molar-refractivity contribution is 1.28. The van der Waals surface area contributed by atoms with Gasteiger partial charge in [-0.1, -0.05) is 152 Å². The van der Waals surface area contributed by atoms with Crippen molar-refractivity contribution in [2.24, 2.45) is 0 Å². The Morgan fingerprint density at radius 3 is 1.23 bits per heavy atom. The van der Waals surface area contributed by atoms with Crippen molar-refractivity contribution in [3.05, 3.63) is 260 Å². The SMILES string of the molecule is [C-]#[N+]c1cccc(N(c2ccccc2)c2ccc3c(c2)c2cccc4c5c(-c6ccccc6)c6c(c(-c7ccccc7)c5n3c24)c2cccc3c4cc(N(c5ccccc5)c5cccc(C#N)c5)ccc4n6c32)c1. The summed E-state index contributed by atoms with van der Waals surface area (Å²) < 4.78 is 5.11. The van der Waals surface area contributed by atoms with Crippen LogP contribution in [0.15, 0.2) is 243 Å². The predicted molar refractivity (Wildman–Crippen MR) is 307 cm³/mol. The number of nitriles is 1. The molecule has 0 bridgehead atoms. The van der Waals surface area contributed by atoms with Crippen molar-refractivity contribution in [2.45, 2.75) is 0 Å². The maximum absolute atomic E-state index is 9.98. The molecule has 342 valence electrons. The van der Waals surface area contributed by atoms with Gasteiger partial charge in [-0.15, -0.1) is 0 Å². The summed E-state index contributed by atoms with van der Waals surface area (Å²) in [6, 6.07) is 88.3. The Bertz CT molecular complexity index is 4490. The number of fused-ring (bicyclic) bond motifs is 12. The van der Waals surface area contributed by atoms with E-state index in [9.17, 15) is 5.26 Å². The first kappa shape index (κ1) is 41.4. The van der Waals surface area contributed by atoms with Gasteiger partial charge < -0.3 is 18.6 Å². The van der Waals surface area contributed by atoms with Crippen LogP contribution >= 0.6 is 0 Å². The minimum atomic E-state index is 0.598. The summed E-state index contributed by atoms with van der Waals surface area (Å²) in [6.07, 6.45) is 0. The van der Waals surface area contributed by atoms with Crippen molar-refractivity contribution in [1.29, 1.82) is 5.26 Å². The van der Waals surface area contributed by atoms with Crippen LogP contribution in [-0.2, 0) is 0 Å². The lowest BCUT2D eigenvalue weighted by atomic mass is 9.89. The Balaban J connectivity index is 1.07. The lowest BCUT2D eigenvalue weighted by Gasteiger charge is -2.26. The average Bonchev–Trinajstić information content (AvgIpc) is 4.20. The van der Waals surface area contributed by atoms with Crippen LogP contribution in [0.25, 0.3) is 103 Å². The Hall–Kier alpha value is -10.4. The number of benzene rings is 11. The molecule has 0 fully saturated rings. The van der Waals surface area contributed by atoms with Gasteiger partial charge in [0, 0.05) is 88.3 Å². The van der Waals surface area contributed by atoms with E-state index in [2.05, 4.69) is 224 Å². The van der Waals surface area contributed by atoms with E-state index in [1.165, 1.54) is 65.5 Å². The van der Waals surface area contributed by atoms with Crippen molar-refractivity contribution >= 4 is 116 Å². The van der Waals surface area contributed by atoms with Gasteiger partial charge >= 0.3 is 0 Å². The van der Waals surface area contributed by atoms with Crippen LogP contribution < -0.4 is 9.80 Å². The Morgan fingerprint density at radius 1 is 0.351 bits per heavy atom. The summed E-state index contributed by atoms with van der Waals surface area (Å²) in [5.74, 6) is 0. The quantitative estimate of drug-likeness (QED) is 0.143. The van der Waals surface area contributed by atoms with Gasteiger partial charge in [0.25, 0.3) is 0 Å². The van der Waals surface area contributed by atoms with Gasteiger partial charge in [-0.05, 0) is 102 Å². The van der Waals surface area contributed by atoms with Crippen molar-refractivity contribution in [2.75, 3.05) is 9.80 Å². The standard InChI is InChI=1S/C68H40N6/c1-70-46-23-15-29-50(39-46)72(48-26-12-5-13-27-48)52-35-37-60-58(41-52)54-31-17-33-56-64-61(44-19-6-2-7-20-44)67-63(62(45-21-8-3-9-22-45)68(64)74(60)66(54)56)55-32-16-30-53-57-40-51(34-36-59(57)73(67)65(53)55)71(47-24-10-4-11-25-47)49-28-14-18-43(38-49)42-69/h2-41H. The number of aromatic nitrogens is 2. The molecule has 6 heteroatoms. The van der Waals surface area contributed by atoms with E-state index in [0.717, 1.165) is 67.1 Å². The average molecular weight is 941 g/mol. The highest BCUT2D eigenvalue weighted by molar-refractivity contribution is 6.38. The molecule has 0 aliphatic carbocycles. The maximum Gasteiger partial charge on any atom is 0.189 e. The second-order valence-electron chi connectivity index (χ2n) is 19.0. The first-order valence-electron chi connectivity index (χ1n) is 24.9. The normalized spacial score (nSPS) is 11.8. The zero-order chi connectivity index (χ0) is 49.0. The zero-order valence-corrected chi connectivity index (χ0v) is 39.8. The Labute approximate surface area is 425 Å². The smallest absolute Gasteiger partial charge is 0.189 e. The van der Waals surface area contributed by atoms with Crippen LogP contribution in [0.1, 0.15) is 5.56 Å². The number of hydrogen-bond donors (Lipinski definition) is 0. The van der Waals surface area contributed by atoms with E-state index < -0.39 is 0 Å². The molecule has 0 saturated carbocycles. The summed E-state index contributed by atoms with van der Waals surface area (Å²) in [4.78, 5) is 8.30. The first-order chi connectivity index (χ1) is 36.7. The van der Waals surface area contributed by atoms with Gasteiger partial charge in [-0.2, -0.15) is 5.26 Å². The first-order valence-corrected chi connectivity index (χ1v) is 24.9. The minimum Gasteiger partial charge on any atom is -0.312 e. The molecule has 6 nitrogen and oxygen atoms in total. The molecule has 0 saturated heterocycles. The van der Waals surface area contributed by atoms with Crippen LogP contribution in [0, 0.1) is 17.9 Å². The van der Waals surface area contributed by atoms with E-state index in [0.29, 0.717) is 11.3 Å². The van der Waals surface area contributed by atoms with Gasteiger partial charge in [0.05, 0.1) is 51.3 Å². The molecule has 0 unspecified atom stereocenters. The van der Waals surface area contributed by atoms with Crippen LogP contribution in [0.2, 0.25) is 0 Å². The summed E-state index contributed by atoms with van der Waals surface area (Å²) in [7, 11) is 0. The molecular weight excluding hydrogens is 901 g/mol. The van der Waals surface area contributed by atoms with Crippen molar-refractivity contribution < 1.29 is 0 Å². The number of hydrogen-bond acceptors (Lipinski definition) is 3. The third-order valence-corrected chi connectivity index (χ3v) is 15.1. The summed E-state index contributed by atoms with van der Waals surface area (Å²) in [5.41, 5.74) is 18.8. The fourth-order valence-corrected chi connectivity index (χ4v) is 12.2. The van der Waals surface area contributed by atoms with Crippen LogP contribution in [0.3, 0.4) is 0 Å². The third kappa shape index (κ3) is 5.91. The molecule has 0 aliphatic heterocycles. The lowest BCUT2D eigenvalue weighted by Crippen LogP contribution is -2.09. The molecule has 0 atom stereocenters. The van der Waals surface area contributed by atoms with Gasteiger partial charge in [0.1, 0.15) is 0 Å². The third-order valence-electron chi connectivity index (χ3n) is 15.1. The van der Waals surface area contributed by atoms with Crippen molar-refractivity contribution in [3.8, 4) is 28.3 Å². The molecule has 0 N–H and O–H groups in total. The predicted octanol–water partition coefficient (Wildman–Crippen LogP) is 18.7. The topological polar surface area (TPSA) is 43.5 Å². The number of nitrogens with zero attached hydrogens (tertiary/aromatic N) is 6. The summed E-state index contributed by atoms with van der Waals surface area (Å²) in [5, 5.41) is 19.5. The molecule has 74 heavy (non-hydrogen) atoms. The van der Waals surface area contributed by atoms with Crippen molar-refractivity contribution in [1.82, 2.24) is 8.80 Å². The van der Waals surface area contributed by atoms with Gasteiger partial charge in [0.15, 0.2) is 5.69 Å². The molecule has 4 aromatic heterocycles. The van der Waals surface area contributed by atoms with Crippen LogP contribution in [0.5, 0.6) is 0 Å². The molecule has 15 aromatic rings. The molecule has 0 aliphatic rings. The zero-order valence-electron chi connectivity index (χ0n) is 39.8. The van der Waals surface area contributed by atoms with E-state index >= 15 is 0 Å². The Kier molecular flexibility index (Phi) is 8.99. The fourth-order valence-electron chi connectivity index (χ4n) is 12.2. The molecule has 0 radical (unpaired) electrons. The Morgan fingerprint density at radius 2 is 0.757 bits per heavy atom. The molecule has 4 heterocycles. The highest BCUT2D eigenvalue weighted by Crippen LogP contribution is 2.55. The molecule has 11 aromatic carbocycles. The molecule has 0 amide bonds. The van der Waals surface area contributed by atoms with Gasteiger partial charge in [-0.3, -0.25) is 0 Å². The van der Waals surface area contributed by atoms with Crippen molar-refractivity contribution in [3.63, 3.8) is 0 Å². The van der Waals surface area contributed by atoms with Gasteiger partial charge in [-0.25, -0.2) is 4.85 Å². The molecular formula is C68H40N6. The highest BCUT2D eigenvalue weighted by Gasteiger charge is 2.31. The summed E-state index contributed by atoms with van der Waals surface area (Å²) in [6.45, 7) is 7.85. The second-order valence-corrected chi connectivity index (χ2v) is 19.0. The molecule has 15 rings (SSSR count). The van der Waals surface area contributed by atoms with Crippen LogP contribution in [0.4, 0.5) is 39.8 Å². The van der Waals surface area contributed by atoms with E-state index in [1.54, 1.807) is 0 Å². The monoisotopic (exact) mass is 940 g/mol. The van der Waals surface area contributed by atoms with E-state index in [4.69, 9.17) is 6.57 Å². The highest BCUT2D eigenvalue weighted by atomic mass is 15.1. The van der Waals surface area contributed by atoms with E-state index in [-0.39, 0.29) is 0 Å². The van der Waals surface area contributed by atoms with Gasteiger partial charge in [0.2, 0.25) is 0 Å². The minimum absolute atomic E-state index is 0.598. The summed E-state index contributed by atoms with van der Waals surface area (Å²) >= 11 is 0. The number of anilines is 6. The molecule has 0 spiro atoms. The maximum atomic E-state index is 9.98. The second kappa shape index (κ2) is 16.1. The largest absolute Gasteiger partial charge is 0.312 e. The van der Waals surface area contributed by atoms with E-state index in [1.807, 2.05) is 48.5 Å². The van der Waals surface area contributed by atoms with Crippen LogP contribution in [-0.4, -0.2) is 8.80 Å². The number of para-hydroxylation sites is 4.